The van der Waals surface area contributed by atoms with E-state index in [-0.39, 0.29) is 11.3 Å². The average molecular weight is 266 g/mol. The van der Waals surface area contributed by atoms with E-state index in [0.29, 0.717) is 12.7 Å². The van der Waals surface area contributed by atoms with Gasteiger partial charge in [0, 0.05) is 22.5 Å². The second-order valence-corrected chi connectivity index (χ2v) is 4.15. The third kappa shape index (κ3) is 3.57. The first-order chi connectivity index (χ1) is 9.01. The minimum Gasteiger partial charge on any atom is -0.303 e. The van der Waals surface area contributed by atoms with Crippen molar-refractivity contribution < 1.29 is 14.6 Å². The molecule has 0 N–H and O–H groups in total. The molecule has 1 aromatic carbocycles. The summed E-state index contributed by atoms with van der Waals surface area (Å²) in [5.74, 6) is -1.38. The molecule has 0 unspecified atom stereocenters. The van der Waals surface area contributed by atoms with E-state index < -0.39 is 28.2 Å². The third-order valence-corrected chi connectivity index (χ3v) is 3.04. The zero-order valence-corrected chi connectivity index (χ0v) is 10.4. The molecule has 0 fully saturated rings. The fraction of sp³-hybridized carbons (Fsp3) is 0.417. The maximum Gasteiger partial charge on any atom is 0.273 e. The molecule has 0 aliphatic heterocycles. The Kier molecular flexibility index (Phi) is 5.11. The fourth-order valence-electron chi connectivity index (χ4n) is 2.07. The quantitative estimate of drug-likeness (QED) is 0.427. The van der Waals surface area contributed by atoms with Crippen molar-refractivity contribution in [3.8, 4) is 0 Å². The summed E-state index contributed by atoms with van der Waals surface area (Å²) in [5, 5.41) is 21.7. The average Bonchev–Trinajstić information content (AvgIpc) is 2.38. The molecule has 0 heterocycles. The van der Waals surface area contributed by atoms with E-state index in [2.05, 4.69) is 0 Å². The van der Waals surface area contributed by atoms with Crippen LogP contribution in [-0.4, -0.2) is 22.7 Å². The van der Waals surface area contributed by atoms with Gasteiger partial charge in [0.25, 0.3) is 5.69 Å². The second-order valence-electron chi connectivity index (χ2n) is 4.15. The van der Waals surface area contributed by atoms with Crippen LogP contribution in [0.4, 0.5) is 5.69 Å². The van der Waals surface area contributed by atoms with Crippen molar-refractivity contribution in [1.29, 1.82) is 0 Å². The summed E-state index contributed by atoms with van der Waals surface area (Å²) in [6, 6.07) is 5.83. The van der Waals surface area contributed by atoms with Gasteiger partial charge in [0.2, 0.25) is 6.54 Å². The lowest BCUT2D eigenvalue weighted by atomic mass is 9.84. The Balaban J connectivity index is 3.27. The molecule has 0 bridgehead atoms. The van der Waals surface area contributed by atoms with Crippen LogP contribution in [0.25, 0.3) is 0 Å². The molecule has 0 amide bonds. The number of nitro groups is 2. The van der Waals surface area contributed by atoms with Crippen LogP contribution in [0.3, 0.4) is 0 Å². The number of nitro benzene ring substituents is 1. The third-order valence-electron chi connectivity index (χ3n) is 3.04. The number of carbonyl (C=O) groups is 1. The highest BCUT2D eigenvalue weighted by atomic mass is 16.6. The number of benzene rings is 1. The molecule has 0 aromatic heterocycles. The molecule has 1 rings (SSSR count). The Labute approximate surface area is 109 Å². The number of aldehydes is 1. The zero-order chi connectivity index (χ0) is 14.4. The van der Waals surface area contributed by atoms with E-state index >= 15 is 0 Å². The Morgan fingerprint density at radius 1 is 1.26 bits per heavy atom. The van der Waals surface area contributed by atoms with Crippen molar-refractivity contribution in [1.82, 2.24) is 0 Å². The van der Waals surface area contributed by atoms with Gasteiger partial charge in [0.05, 0.1) is 10.8 Å². The normalized spacial score (nSPS) is 13.5. The van der Waals surface area contributed by atoms with E-state index in [4.69, 9.17) is 0 Å². The lowest BCUT2D eigenvalue weighted by Crippen LogP contribution is -2.23. The van der Waals surface area contributed by atoms with E-state index in [1.807, 2.05) is 0 Å². The maximum absolute atomic E-state index is 11.0. The predicted molar refractivity (Wildman–Crippen MR) is 67.5 cm³/mol. The van der Waals surface area contributed by atoms with Crippen LogP contribution in [0.2, 0.25) is 0 Å². The number of para-hydroxylation sites is 1. The molecule has 0 radical (unpaired) electrons. The van der Waals surface area contributed by atoms with Crippen LogP contribution >= 0.6 is 0 Å². The van der Waals surface area contributed by atoms with Crippen LogP contribution < -0.4 is 0 Å². The van der Waals surface area contributed by atoms with Crippen LogP contribution in [0.15, 0.2) is 24.3 Å². The monoisotopic (exact) mass is 266 g/mol. The first-order valence-corrected chi connectivity index (χ1v) is 5.81. The van der Waals surface area contributed by atoms with Gasteiger partial charge in [0.1, 0.15) is 6.29 Å². The van der Waals surface area contributed by atoms with Gasteiger partial charge >= 0.3 is 0 Å². The van der Waals surface area contributed by atoms with Gasteiger partial charge in [-0.25, -0.2) is 0 Å². The molecule has 102 valence electrons. The summed E-state index contributed by atoms with van der Waals surface area (Å²) in [4.78, 5) is 31.6. The van der Waals surface area contributed by atoms with Crippen molar-refractivity contribution in [3.63, 3.8) is 0 Å². The van der Waals surface area contributed by atoms with Crippen LogP contribution in [0, 0.1) is 26.1 Å². The van der Waals surface area contributed by atoms with Gasteiger partial charge in [-0.3, -0.25) is 20.2 Å². The maximum atomic E-state index is 11.0. The highest BCUT2D eigenvalue weighted by molar-refractivity contribution is 5.57. The van der Waals surface area contributed by atoms with Gasteiger partial charge in [0.15, 0.2) is 0 Å². The Hall–Kier alpha value is -2.31. The van der Waals surface area contributed by atoms with Gasteiger partial charge < -0.3 is 4.79 Å². The SMILES string of the molecule is CC[C@@H](C=O)[C@H](C[N+](=O)[O-])c1ccccc1[N+](=O)[O-]. The van der Waals surface area contributed by atoms with Crippen molar-refractivity contribution in [3.05, 3.63) is 50.1 Å². The molecule has 0 spiro atoms. The van der Waals surface area contributed by atoms with Crippen molar-refractivity contribution >= 4 is 12.0 Å². The van der Waals surface area contributed by atoms with Crippen LogP contribution in [-0.2, 0) is 4.79 Å². The molecule has 7 heteroatoms. The van der Waals surface area contributed by atoms with E-state index in [1.165, 1.54) is 18.2 Å². The number of hydrogen-bond donors (Lipinski definition) is 0. The molecule has 1 aromatic rings. The summed E-state index contributed by atoms with van der Waals surface area (Å²) in [7, 11) is 0. The zero-order valence-electron chi connectivity index (χ0n) is 10.4. The number of rotatable bonds is 7. The summed E-state index contributed by atoms with van der Waals surface area (Å²) >= 11 is 0. The number of carbonyl (C=O) groups excluding carboxylic acids is 1. The molecule has 0 saturated carbocycles. The second kappa shape index (κ2) is 6.58. The van der Waals surface area contributed by atoms with Crippen LogP contribution in [0.5, 0.6) is 0 Å². The highest BCUT2D eigenvalue weighted by Gasteiger charge is 2.31. The summed E-state index contributed by atoms with van der Waals surface area (Å²) in [5.41, 5.74) is 0.0535. The predicted octanol–water partition coefficient (Wildman–Crippen LogP) is 2.18. The lowest BCUT2D eigenvalue weighted by molar-refractivity contribution is -0.484. The van der Waals surface area contributed by atoms with Gasteiger partial charge in [-0.15, -0.1) is 0 Å². The molecule has 0 saturated heterocycles. The Bertz CT molecular complexity index is 489. The number of hydrogen-bond acceptors (Lipinski definition) is 5. The molecule has 19 heavy (non-hydrogen) atoms. The smallest absolute Gasteiger partial charge is 0.273 e. The van der Waals surface area contributed by atoms with E-state index in [0.717, 1.165) is 0 Å². The fourth-order valence-corrected chi connectivity index (χ4v) is 2.07. The minimum atomic E-state index is -0.779. The first-order valence-electron chi connectivity index (χ1n) is 5.81. The van der Waals surface area contributed by atoms with Crippen molar-refractivity contribution in [2.45, 2.75) is 19.3 Å². The Morgan fingerprint density at radius 2 is 1.89 bits per heavy atom. The standard InChI is InChI=1S/C12H14N2O5/c1-2-9(8-15)11(7-13(16)17)10-5-3-4-6-12(10)14(18)19/h3-6,8-9,11H,2,7H2,1H3/t9-,11-/m0/s1. The van der Waals surface area contributed by atoms with Crippen molar-refractivity contribution in [2.75, 3.05) is 6.54 Å². The van der Waals surface area contributed by atoms with Gasteiger partial charge in [-0.05, 0) is 6.42 Å². The molecular weight excluding hydrogens is 252 g/mol. The summed E-state index contributed by atoms with van der Waals surface area (Å²) < 4.78 is 0. The van der Waals surface area contributed by atoms with E-state index in [9.17, 15) is 25.0 Å². The lowest BCUT2D eigenvalue weighted by Gasteiger charge is -2.18. The topological polar surface area (TPSA) is 103 Å². The van der Waals surface area contributed by atoms with Crippen LogP contribution in [0.1, 0.15) is 24.8 Å². The summed E-state index contributed by atoms with van der Waals surface area (Å²) in [6.45, 7) is 1.23. The van der Waals surface area contributed by atoms with E-state index in [1.54, 1.807) is 13.0 Å². The first kappa shape index (κ1) is 14.7. The molecular formula is C12H14N2O5. The minimum absolute atomic E-state index is 0.186. The van der Waals surface area contributed by atoms with Crippen molar-refractivity contribution in [2.24, 2.45) is 5.92 Å². The van der Waals surface area contributed by atoms with Gasteiger partial charge in [-0.1, -0.05) is 25.1 Å². The molecule has 7 nitrogen and oxygen atoms in total. The number of nitrogens with zero attached hydrogens (tertiary/aromatic N) is 2. The largest absolute Gasteiger partial charge is 0.303 e. The molecule has 0 aliphatic carbocycles. The molecule has 2 atom stereocenters. The van der Waals surface area contributed by atoms with Gasteiger partial charge in [-0.2, -0.15) is 0 Å². The molecule has 0 aliphatic rings. The highest BCUT2D eigenvalue weighted by Crippen LogP contribution is 2.32. The summed E-state index contributed by atoms with van der Waals surface area (Å²) in [6.07, 6.45) is 1.03. The Morgan fingerprint density at radius 3 is 2.37 bits per heavy atom.